The highest BCUT2D eigenvalue weighted by Crippen LogP contribution is 2.40. The van der Waals surface area contributed by atoms with E-state index < -0.39 is 0 Å². The monoisotopic (exact) mass is 462 g/mol. The number of hydrogen-bond acceptors (Lipinski definition) is 4. The van der Waals surface area contributed by atoms with E-state index in [0.717, 1.165) is 52.8 Å². The Morgan fingerprint density at radius 3 is 2.39 bits per heavy atom. The molecule has 3 aromatic rings. The van der Waals surface area contributed by atoms with E-state index >= 15 is 0 Å². The van der Waals surface area contributed by atoms with Crippen LogP contribution in [0.3, 0.4) is 0 Å². The van der Waals surface area contributed by atoms with Gasteiger partial charge in [-0.05, 0) is 69.7 Å². The molecule has 0 bridgehead atoms. The van der Waals surface area contributed by atoms with Crippen LogP contribution in [0.25, 0.3) is 5.69 Å². The van der Waals surface area contributed by atoms with Crippen molar-refractivity contribution in [2.24, 2.45) is 11.8 Å². The molecule has 0 radical (unpaired) electrons. The largest absolute Gasteiger partial charge is 0.406 e. The number of benzene rings is 2. The SMILES string of the molecule is CCCCC1CCC(C(=O)Oc2c(Sc3ccc(C)cc3)c(C)nn2-c2ccccc2)CC1. The fourth-order valence-electron chi connectivity index (χ4n) is 4.53. The maximum absolute atomic E-state index is 13.3. The van der Waals surface area contributed by atoms with Gasteiger partial charge >= 0.3 is 5.97 Å². The normalized spacial score (nSPS) is 18.3. The van der Waals surface area contributed by atoms with Gasteiger partial charge in [-0.25, -0.2) is 0 Å². The van der Waals surface area contributed by atoms with Crippen molar-refractivity contribution in [1.29, 1.82) is 0 Å². The summed E-state index contributed by atoms with van der Waals surface area (Å²) < 4.78 is 7.92. The van der Waals surface area contributed by atoms with Crippen molar-refractivity contribution < 1.29 is 9.53 Å². The third-order valence-electron chi connectivity index (χ3n) is 6.55. The summed E-state index contributed by atoms with van der Waals surface area (Å²) in [6, 6.07) is 18.3. The molecule has 1 aliphatic carbocycles. The van der Waals surface area contributed by atoms with Gasteiger partial charge in [0.15, 0.2) is 0 Å². The van der Waals surface area contributed by atoms with Crippen molar-refractivity contribution in [2.45, 2.75) is 75.5 Å². The van der Waals surface area contributed by atoms with Gasteiger partial charge < -0.3 is 4.74 Å². The molecule has 0 aliphatic heterocycles. The Balaban J connectivity index is 1.57. The fraction of sp³-hybridized carbons (Fsp3) is 0.429. The summed E-state index contributed by atoms with van der Waals surface area (Å²) in [4.78, 5) is 15.3. The summed E-state index contributed by atoms with van der Waals surface area (Å²) in [7, 11) is 0. The summed E-state index contributed by atoms with van der Waals surface area (Å²) in [5.41, 5.74) is 2.97. The van der Waals surface area contributed by atoms with Crippen molar-refractivity contribution >= 4 is 17.7 Å². The van der Waals surface area contributed by atoms with Crippen LogP contribution in [0.2, 0.25) is 0 Å². The molecule has 1 heterocycles. The molecule has 4 rings (SSSR count). The Morgan fingerprint density at radius 1 is 1.03 bits per heavy atom. The first-order valence-electron chi connectivity index (χ1n) is 12.2. The third-order valence-corrected chi connectivity index (χ3v) is 7.73. The number of para-hydroxylation sites is 1. The molecule has 0 saturated heterocycles. The van der Waals surface area contributed by atoms with Crippen LogP contribution in [0.4, 0.5) is 0 Å². The molecule has 1 saturated carbocycles. The minimum absolute atomic E-state index is 0.0282. The zero-order chi connectivity index (χ0) is 23.2. The topological polar surface area (TPSA) is 44.1 Å². The van der Waals surface area contributed by atoms with E-state index in [1.54, 1.807) is 16.4 Å². The van der Waals surface area contributed by atoms with Gasteiger partial charge in [-0.1, -0.05) is 73.8 Å². The standard InChI is InChI=1S/C28H34N2O2S/c1-4-5-9-22-14-16-23(17-15-22)28(31)32-27-26(33-25-18-12-20(2)13-19-25)21(3)29-30(27)24-10-7-6-8-11-24/h6-8,10-13,18-19,22-23H,4-5,9,14-17H2,1-3H3. The van der Waals surface area contributed by atoms with Gasteiger partial charge in [0.1, 0.15) is 0 Å². The molecule has 2 aromatic carbocycles. The molecule has 0 amide bonds. The van der Waals surface area contributed by atoms with Crippen LogP contribution in [0.15, 0.2) is 64.4 Å². The average Bonchev–Trinajstić information content (AvgIpc) is 3.14. The van der Waals surface area contributed by atoms with Crippen molar-refractivity contribution in [1.82, 2.24) is 9.78 Å². The molecule has 1 aliphatic rings. The third kappa shape index (κ3) is 5.89. The number of hydrogen-bond donors (Lipinski definition) is 0. The Morgan fingerprint density at radius 2 is 1.73 bits per heavy atom. The number of unbranched alkanes of at least 4 members (excludes halogenated alkanes) is 1. The second-order valence-electron chi connectivity index (χ2n) is 9.16. The van der Waals surface area contributed by atoms with E-state index in [-0.39, 0.29) is 11.9 Å². The Hall–Kier alpha value is -2.53. The van der Waals surface area contributed by atoms with Crippen LogP contribution >= 0.6 is 11.8 Å². The first kappa shape index (κ1) is 23.6. The second-order valence-corrected chi connectivity index (χ2v) is 10.2. The molecule has 0 spiro atoms. The molecular formula is C28H34N2O2S. The number of rotatable bonds is 8. The molecule has 0 unspecified atom stereocenters. The highest BCUT2D eigenvalue weighted by Gasteiger charge is 2.30. The van der Waals surface area contributed by atoms with E-state index in [0.29, 0.717) is 5.88 Å². The van der Waals surface area contributed by atoms with Crippen molar-refractivity contribution in [3.05, 3.63) is 65.9 Å². The Bertz CT molecular complexity index is 1050. The van der Waals surface area contributed by atoms with E-state index in [2.05, 4.69) is 38.1 Å². The molecule has 1 aromatic heterocycles. The van der Waals surface area contributed by atoms with Gasteiger partial charge in [-0.15, -0.1) is 0 Å². The number of ether oxygens (including phenoxy) is 1. The van der Waals surface area contributed by atoms with Crippen molar-refractivity contribution in [3.63, 3.8) is 0 Å². The summed E-state index contributed by atoms with van der Waals surface area (Å²) in [5, 5.41) is 4.76. The molecular weight excluding hydrogens is 428 g/mol. The summed E-state index contributed by atoms with van der Waals surface area (Å²) in [5.74, 6) is 1.15. The predicted octanol–water partition coefficient (Wildman–Crippen LogP) is 7.54. The number of aryl methyl sites for hydroxylation is 2. The minimum atomic E-state index is -0.119. The summed E-state index contributed by atoms with van der Waals surface area (Å²) in [6.45, 7) is 6.30. The summed E-state index contributed by atoms with van der Waals surface area (Å²) >= 11 is 1.60. The number of carbonyl (C=O) groups excluding carboxylic acids is 1. The predicted molar refractivity (Wildman–Crippen MR) is 134 cm³/mol. The lowest BCUT2D eigenvalue weighted by Gasteiger charge is -2.27. The molecule has 0 N–H and O–H groups in total. The highest BCUT2D eigenvalue weighted by molar-refractivity contribution is 7.99. The van der Waals surface area contributed by atoms with Crippen LogP contribution in [0.1, 0.15) is 63.1 Å². The molecule has 4 nitrogen and oxygen atoms in total. The lowest BCUT2D eigenvalue weighted by Crippen LogP contribution is -2.26. The molecule has 33 heavy (non-hydrogen) atoms. The molecule has 5 heteroatoms. The van der Waals surface area contributed by atoms with Gasteiger partial charge in [-0.2, -0.15) is 9.78 Å². The Labute approximate surface area is 201 Å². The van der Waals surface area contributed by atoms with Gasteiger partial charge in [0.25, 0.3) is 0 Å². The first-order chi connectivity index (χ1) is 16.0. The lowest BCUT2D eigenvalue weighted by atomic mass is 9.80. The summed E-state index contributed by atoms with van der Waals surface area (Å²) in [6.07, 6.45) is 7.92. The average molecular weight is 463 g/mol. The fourth-order valence-corrected chi connectivity index (χ4v) is 5.44. The molecule has 0 atom stereocenters. The van der Waals surface area contributed by atoms with Crippen molar-refractivity contribution in [3.8, 4) is 11.6 Å². The van der Waals surface area contributed by atoms with Crippen LogP contribution in [-0.4, -0.2) is 15.7 Å². The van der Waals surface area contributed by atoms with Crippen LogP contribution in [0.5, 0.6) is 5.88 Å². The van der Waals surface area contributed by atoms with Crippen LogP contribution < -0.4 is 4.74 Å². The number of esters is 1. The number of nitrogens with zero attached hydrogens (tertiary/aromatic N) is 2. The van der Waals surface area contributed by atoms with Crippen LogP contribution in [0, 0.1) is 25.7 Å². The zero-order valence-corrected chi connectivity index (χ0v) is 20.7. The number of carbonyl (C=O) groups is 1. The smallest absolute Gasteiger partial charge is 0.315 e. The van der Waals surface area contributed by atoms with Crippen LogP contribution in [-0.2, 0) is 4.79 Å². The van der Waals surface area contributed by atoms with Gasteiger partial charge in [0.2, 0.25) is 5.88 Å². The van der Waals surface area contributed by atoms with Gasteiger partial charge in [0.05, 0.1) is 22.2 Å². The van der Waals surface area contributed by atoms with Gasteiger partial charge in [0, 0.05) is 4.90 Å². The quantitative estimate of drug-likeness (QED) is 0.324. The second kappa shape index (κ2) is 11.1. The Kier molecular flexibility index (Phi) is 7.92. The van der Waals surface area contributed by atoms with E-state index in [1.807, 2.05) is 37.3 Å². The minimum Gasteiger partial charge on any atom is -0.406 e. The maximum Gasteiger partial charge on any atom is 0.315 e. The zero-order valence-electron chi connectivity index (χ0n) is 19.9. The van der Waals surface area contributed by atoms with E-state index in [4.69, 9.17) is 9.84 Å². The first-order valence-corrected chi connectivity index (χ1v) is 13.0. The molecule has 174 valence electrons. The lowest BCUT2D eigenvalue weighted by molar-refractivity contribution is -0.140. The van der Waals surface area contributed by atoms with E-state index in [1.165, 1.54) is 24.8 Å². The van der Waals surface area contributed by atoms with E-state index in [9.17, 15) is 4.79 Å². The maximum atomic E-state index is 13.3. The highest BCUT2D eigenvalue weighted by atomic mass is 32.2. The van der Waals surface area contributed by atoms with Gasteiger partial charge in [-0.3, -0.25) is 4.79 Å². The van der Waals surface area contributed by atoms with Crippen molar-refractivity contribution in [2.75, 3.05) is 0 Å². The number of aromatic nitrogens is 2. The molecule has 1 fully saturated rings.